The van der Waals surface area contributed by atoms with Crippen LogP contribution in [0.2, 0.25) is 0 Å². The summed E-state index contributed by atoms with van der Waals surface area (Å²) >= 11 is 0. The molecule has 0 saturated carbocycles. The Balaban J connectivity index is 1.31. The van der Waals surface area contributed by atoms with E-state index >= 15 is 0 Å². The Kier molecular flexibility index (Phi) is 13.2. The van der Waals surface area contributed by atoms with Crippen LogP contribution in [0.3, 0.4) is 0 Å². The van der Waals surface area contributed by atoms with E-state index in [0.717, 1.165) is 33.4 Å². The lowest BCUT2D eigenvalue weighted by Crippen LogP contribution is -2.40. The summed E-state index contributed by atoms with van der Waals surface area (Å²) in [7, 11) is 2.02. The van der Waals surface area contributed by atoms with Gasteiger partial charge in [0.25, 0.3) is 0 Å². The maximum Gasteiger partial charge on any atom is 0.0877 e. The van der Waals surface area contributed by atoms with Crippen LogP contribution in [-0.2, 0) is 5.54 Å². The first-order valence-corrected chi connectivity index (χ1v) is 20.1. The second kappa shape index (κ2) is 18.6. The van der Waals surface area contributed by atoms with Gasteiger partial charge in [0.05, 0.1) is 5.54 Å². The molecule has 1 unspecified atom stereocenters. The summed E-state index contributed by atoms with van der Waals surface area (Å²) < 4.78 is 0. The normalized spacial score (nSPS) is 13.1. The third-order valence-corrected chi connectivity index (χ3v) is 11.3. The summed E-state index contributed by atoms with van der Waals surface area (Å²) in [5.41, 5.74) is 19.3. The SMILES string of the molecule is C=C/C=C\C(=C/C)C(/C=C(\C)c1ccc(-c2cccc(-c3ccc(C(=C)c4ccc(/C=C\C)c(C=C)c4-c4ccccc4C)cc3)c2C)cc1)(NC)c1ccccc1. The fourth-order valence-corrected chi connectivity index (χ4v) is 8.19. The standard InChI is InChI=1S/C57H55N/c1-10-14-23-49(12-3)57(58-9,50-24-16-15-17-25-50)39-41(6)44-29-33-47(34-30-44)53-27-20-28-54(43(53)8)48-35-31-45(32-36-48)42(7)55-38-37-46(21-11-2)51(13-4)56(55)52-26-19-18-22-40(52)5/h10-39,58H,1,4,7H2,2-3,5-6,8-9H3/b21-11-,23-14-,41-39+,49-12+. The molecule has 0 fully saturated rings. The summed E-state index contributed by atoms with van der Waals surface area (Å²) in [5, 5.41) is 3.66. The van der Waals surface area contributed by atoms with Crippen molar-refractivity contribution >= 4 is 23.3 Å². The first-order chi connectivity index (χ1) is 28.2. The minimum absolute atomic E-state index is 0.514. The number of allylic oxidation sites excluding steroid dienone is 5. The van der Waals surface area contributed by atoms with Gasteiger partial charge in [0.15, 0.2) is 0 Å². The Labute approximate surface area is 347 Å². The minimum atomic E-state index is -0.514. The third-order valence-electron chi connectivity index (χ3n) is 11.3. The smallest absolute Gasteiger partial charge is 0.0877 e. The molecule has 6 aromatic rings. The molecule has 0 aliphatic heterocycles. The number of likely N-dealkylation sites (N-methyl/N-ethyl adjacent to an activating group) is 1. The molecule has 0 aliphatic rings. The second-order valence-corrected chi connectivity index (χ2v) is 14.7. The summed E-state index contributed by atoms with van der Waals surface area (Å²) in [5.74, 6) is 0. The molecule has 0 heterocycles. The largest absolute Gasteiger partial charge is 0.304 e. The maximum atomic E-state index is 4.65. The molecule has 0 saturated heterocycles. The molecule has 1 heteroatoms. The Hall–Kier alpha value is -6.54. The molecular weight excluding hydrogens is 699 g/mol. The summed E-state index contributed by atoms with van der Waals surface area (Å²) in [6, 6.07) is 48.0. The molecule has 0 amide bonds. The van der Waals surface area contributed by atoms with Crippen LogP contribution in [0.15, 0.2) is 195 Å². The van der Waals surface area contributed by atoms with Gasteiger partial charge < -0.3 is 5.32 Å². The van der Waals surface area contributed by atoms with E-state index in [4.69, 9.17) is 0 Å². The monoisotopic (exact) mass is 753 g/mol. The molecule has 6 aromatic carbocycles. The first-order valence-electron chi connectivity index (χ1n) is 20.1. The zero-order chi connectivity index (χ0) is 41.2. The molecule has 0 aromatic heterocycles. The topological polar surface area (TPSA) is 12.0 Å². The lowest BCUT2D eigenvalue weighted by Gasteiger charge is -2.34. The maximum absolute atomic E-state index is 4.65. The predicted octanol–water partition coefficient (Wildman–Crippen LogP) is 15.2. The summed E-state index contributed by atoms with van der Waals surface area (Å²) in [6.07, 6.45) is 16.7. The van der Waals surface area contributed by atoms with Crippen LogP contribution in [0.1, 0.15) is 65.3 Å². The van der Waals surface area contributed by atoms with Gasteiger partial charge in [-0.1, -0.05) is 202 Å². The fraction of sp³-hybridized carbons (Fsp3) is 0.123. The van der Waals surface area contributed by atoms with Gasteiger partial charge in [-0.2, -0.15) is 0 Å². The number of nitrogens with one attached hydrogen (secondary N) is 1. The highest BCUT2D eigenvalue weighted by molar-refractivity contribution is 5.95. The molecular formula is C57H55N. The molecule has 1 atom stereocenters. The zero-order valence-electron chi connectivity index (χ0n) is 34.9. The number of benzene rings is 6. The van der Waals surface area contributed by atoms with Crippen LogP contribution < -0.4 is 5.32 Å². The van der Waals surface area contributed by atoms with Gasteiger partial charge in [-0.3, -0.25) is 0 Å². The van der Waals surface area contributed by atoms with Crippen molar-refractivity contribution in [3.63, 3.8) is 0 Å². The predicted molar refractivity (Wildman–Crippen MR) is 256 cm³/mol. The molecule has 0 radical (unpaired) electrons. The van der Waals surface area contributed by atoms with Crippen LogP contribution >= 0.6 is 0 Å². The van der Waals surface area contributed by atoms with Gasteiger partial charge in [-0.05, 0) is 136 Å². The van der Waals surface area contributed by atoms with E-state index in [9.17, 15) is 0 Å². The molecule has 1 N–H and O–H groups in total. The first kappa shape index (κ1) is 41.1. The van der Waals surface area contributed by atoms with Crippen LogP contribution in [-0.4, -0.2) is 7.05 Å². The molecule has 0 bridgehead atoms. The van der Waals surface area contributed by atoms with Gasteiger partial charge >= 0.3 is 0 Å². The van der Waals surface area contributed by atoms with E-state index in [-0.39, 0.29) is 0 Å². The Morgan fingerprint density at radius 2 is 1.28 bits per heavy atom. The lowest BCUT2D eigenvalue weighted by atomic mass is 9.79. The number of hydrogen-bond donors (Lipinski definition) is 1. The minimum Gasteiger partial charge on any atom is -0.304 e. The molecule has 6 rings (SSSR count). The zero-order valence-corrected chi connectivity index (χ0v) is 34.9. The van der Waals surface area contributed by atoms with Crippen LogP contribution in [0, 0.1) is 13.8 Å². The van der Waals surface area contributed by atoms with Crippen LogP contribution in [0.5, 0.6) is 0 Å². The van der Waals surface area contributed by atoms with Crippen molar-refractivity contribution in [2.24, 2.45) is 0 Å². The van der Waals surface area contributed by atoms with Crippen molar-refractivity contribution in [2.45, 2.75) is 40.2 Å². The van der Waals surface area contributed by atoms with Gasteiger partial charge in [0.2, 0.25) is 0 Å². The van der Waals surface area contributed by atoms with Crippen molar-refractivity contribution in [3.05, 3.63) is 240 Å². The second-order valence-electron chi connectivity index (χ2n) is 14.7. The van der Waals surface area contributed by atoms with Crippen molar-refractivity contribution in [3.8, 4) is 33.4 Å². The Morgan fingerprint density at radius 3 is 1.84 bits per heavy atom. The van der Waals surface area contributed by atoms with E-state index in [1.54, 1.807) is 0 Å². The highest BCUT2D eigenvalue weighted by Gasteiger charge is 2.31. The molecule has 288 valence electrons. The lowest BCUT2D eigenvalue weighted by molar-refractivity contribution is 0.544. The van der Waals surface area contributed by atoms with E-state index in [2.05, 4.69) is 217 Å². The highest BCUT2D eigenvalue weighted by Crippen LogP contribution is 2.40. The fourth-order valence-electron chi connectivity index (χ4n) is 8.19. The number of aryl methyl sites for hydroxylation is 1. The quantitative estimate of drug-likeness (QED) is 0.109. The number of rotatable bonds is 14. The van der Waals surface area contributed by atoms with Crippen LogP contribution in [0.25, 0.3) is 56.7 Å². The van der Waals surface area contributed by atoms with Crippen molar-refractivity contribution in [2.75, 3.05) is 7.05 Å². The molecule has 0 aliphatic carbocycles. The van der Waals surface area contributed by atoms with Crippen molar-refractivity contribution in [1.82, 2.24) is 5.32 Å². The highest BCUT2D eigenvalue weighted by atomic mass is 14.9. The number of hydrogen-bond acceptors (Lipinski definition) is 1. The van der Waals surface area contributed by atoms with E-state index in [1.165, 1.54) is 61.2 Å². The van der Waals surface area contributed by atoms with Gasteiger partial charge in [0, 0.05) is 0 Å². The molecule has 1 nitrogen and oxygen atoms in total. The van der Waals surface area contributed by atoms with Crippen LogP contribution in [0.4, 0.5) is 0 Å². The Morgan fingerprint density at radius 1 is 0.672 bits per heavy atom. The molecule has 0 spiro atoms. The summed E-state index contributed by atoms with van der Waals surface area (Å²) in [4.78, 5) is 0. The van der Waals surface area contributed by atoms with Crippen molar-refractivity contribution < 1.29 is 0 Å². The average molecular weight is 754 g/mol. The average Bonchev–Trinajstić information content (AvgIpc) is 3.26. The Bertz CT molecular complexity index is 2550. The van der Waals surface area contributed by atoms with Gasteiger partial charge in [-0.15, -0.1) is 0 Å². The molecule has 58 heavy (non-hydrogen) atoms. The third kappa shape index (κ3) is 8.28. The van der Waals surface area contributed by atoms with Gasteiger partial charge in [0.1, 0.15) is 0 Å². The summed E-state index contributed by atoms with van der Waals surface area (Å²) in [6.45, 7) is 23.5. The van der Waals surface area contributed by atoms with E-state index < -0.39 is 5.54 Å². The van der Waals surface area contributed by atoms with Gasteiger partial charge in [-0.25, -0.2) is 0 Å². The van der Waals surface area contributed by atoms with E-state index in [1.807, 2.05) is 32.2 Å². The van der Waals surface area contributed by atoms with Crippen molar-refractivity contribution in [1.29, 1.82) is 0 Å². The van der Waals surface area contributed by atoms with E-state index in [0.29, 0.717) is 0 Å².